The van der Waals surface area contributed by atoms with E-state index in [1.165, 1.54) is 11.3 Å². The van der Waals surface area contributed by atoms with Crippen molar-refractivity contribution in [1.82, 2.24) is 5.32 Å². The average Bonchev–Trinajstić information content (AvgIpc) is 2.76. The number of hydrogen-bond acceptors (Lipinski definition) is 4. The van der Waals surface area contributed by atoms with E-state index in [4.69, 9.17) is 0 Å². The minimum atomic E-state index is -3.23. The Bertz CT molecular complexity index is 452. The van der Waals surface area contributed by atoms with Crippen molar-refractivity contribution in [3.05, 3.63) is 15.9 Å². The lowest BCUT2D eigenvalue weighted by molar-refractivity contribution is 0.582. The fraction of sp³-hybridized carbons (Fsp3) is 0.556. The third-order valence-corrected chi connectivity index (χ3v) is 5.45. The number of thiophene rings is 1. The summed E-state index contributed by atoms with van der Waals surface area (Å²) in [6.45, 7) is 0.921. The molecule has 0 aliphatic carbocycles. The van der Waals surface area contributed by atoms with Crippen molar-refractivity contribution in [3.63, 3.8) is 0 Å². The van der Waals surface area contributed by atoms with Gasteiger partial charge in [0.1, 0.15) is 5.00 Å². The Kier molecular flexibility index (Phi) is 3.89. The minimum absolute atomic E-state index is 0.0981. The van der Waals surface area contributed by atoms with E-state index in [-0.39, 0.29) is 11.8 Å². The van der Waals surface area contributed by atoms with E-state index in [1.807, 2.05) is 6.07 Å². The van der Waals surface area contributed by atoms with Crippen LogP contribution >= 0.6 is 27.3 Å². The van der Waals surface area contributed by atoms with E-state index in [9.17, 15) is 8.42 Å². The summed E-state index contributed by atoms with van der Waals surface area (Å²) in [4.78, 5) is 0. The van der Waals surface area contributed by atoms with Gasteiger partial charge in [-0.05, 0) is 47.4 Å². The molecule has 1 aromatic heterocycles. The third kappa shape index (κ3) is 3.44. The van der Waals surface area contributed by atoms with Crippen LogP contribution in [0.4, 0.5) is 5.00 Å². The molecule has 0 spiro atoms. The predicted octanol–water partition coefficient (Wildman–Crippen LogP) is 2.00. The molecule has 7 heteroatoms. The van der Waals surface area contributed by atoms with E-state index in [1.54, 1.807) is 6.07 Å². The van der Waals surface area contributed by atoms with Gasteiger partial charge in [-0.15, -0.1) is 11.3 Å². The summed E-state index contributed by atoms with van der Waals surface area (Å²) in [6, 6.07) is 3.69. The second kappa shape index (κ2) is 5.03. The first kappa shape index (κ1) is 12.3. The molecule has 1 unspecified atom stereocenters. The van der Waals surface area contributed by atoms with Gasteiger partial charge in [-0.3, -0.25) is 4.72 Å². The molecule has 0 radical (unpaired) electrons. The molecule has 90 valence electrons. The summed E-state index contributed by atoms with van der Waals surface area (Å²) in [6.07, 6.45) is 2.00. The van der Waals surface area contributed by atoms with Gasteiger partial charge in [-0.1, -0.05) is 0 Å². The second-order valence-electron chi connectivity index (χ2n) is 3.78. The molecule has 16 heavy (non-hydrogen) atoms. The highest BCUT2D eigenvalue weighted by Gasteiger charge is 2.22. The summed E-state index contributed by atoms with van der Waals surface area (Å²) in [5.74, 6) is 0.155. The van der Waals surface area contributed by atoms with Crippen LogP contribution in [0, 0.1) is 0 Å². The zero-order valence-electron chi connectivity index (χ0n) is 8.57. The van der Waals surface area contributed by atoms with Gasteiger partial charge >= 0.3 is 0 Å². The highest BCUT2D eigenvalue weighted by Crippen LogP contribution is 2.27. The van der Waals surface area contributed by atoms with Crippen LogP contribution in [0.3, 0.4) is 0 Å². The molecule has 1 fully saturated rings. The van der Waals surface area contributed by atoms with Gasteiger partial charge in [-0.25, -0.2) is 8.42 Å². The Hall–Kier alpha value is -0.110. The van der Waals surface area contributed by atoms with Crippen molar-refractivity contribution >= 4 is 42.3 Å². The summed E-state index contributed by atoms with van der Waals surface area (Å²) < 4.78 is 27.1. The van der Waals surface area contributed by atoms with Crippen LogP contribution in [0.1, 0.15) is 12.8 Å². The molecule has 0 saturated carbocycles. The Balaban J connectivity index is 1.96. The van der Waals surface area contributed by atoms with E-state index in [2.05, 4.69) is 26.0 Å². The quantitative estimate of drug-likeness (QED) is 0.890. The maximum Gasteiger partial charge on any atom is 0.234 e. The summed E-state index contributed by atoms with van der Waals surface area (Å²) >= 11 is 4.68. The van der Waals surface area contributed by atoms with Crippen molar-refractivity contribution in [1.29, 1.82) is 0 Å². The molecule has 4 nitrogen and oxygen atoms in total. The normalized spacial score (nSPS) is 21.2. The number of anilines is 1. The standard InChI is InChI=1S/C9H13BrN2O2S2/c10-8-3-4-9(15-8)12-16(13,14)6-7-2-1-5-11-7/h3-4,7,11-12H,1-2,5-6H2. The number of hydrogen-bond donors (Lipinski definition) is 2. The van der Waals surface area contributed by atoms with Crippen molar-refractivity contribution < 1.29 is 8.42 Å². The van der Waals surface area contributed by atoms with Gasteiger partial charge < -0.3 is 5.32 Å². The molecule has 0 aromatic carbocycles. The van der Waals surface area contributed by atoms with Gasteiger partial charge in [0.05, 0.1) is 9.54 Å². The van der Waals surface area contributed by atoms with Crippen molar-refractivity contribution in [2.45, 2.75) is 18.9 Å². The predicted molar refractivity (Wildman–Crippen MR) is 70.5 cm³/mol. The molecule has 1 saturated heterocycles. The van der Waals surface area contributed by atoms with E-state index < -0.39 is 10.0 Å². The maximum absolute atomic E-state index is 11.8. The molecular formula is C9H13BrN2O2S2. The van der Waals surface area contributed by atoms with Crippen LogP contribution in [-0.4, -0.2) is 26.8 Å². The minimum Gasteiger partial charge on any atom is -0.313 e. The summed E-state index contributed by atoms with van der Waals surface area (Å²) in [5, 5.41) is 3.84. The van der Waals surface area contributed by atoms with Gasteiger partial charge in [-0.2, -0.15) is 0 Å². The van der Waals surface area contributed by atoms with Crippen LogP contribution < -0.4 is 10.0 Å². The summed E-state index contributed by atoms with van der Waals surface area (Å²) in [5.41, 5.74) is 0. The van der Waals surface area contributed by atoms with Crippen LogP contribution in [0.15, 0.2) is 15.9 Å². The Labute approximate surface area is 108 Å². The summed E-state index contributed by atoms with van der Waals surface area (Å²) in [7, 11) is -3.23. The second-order valence-corrected chi connectivity index (χ2v) is 8.01. The van der Waals surface area contributed by atoms with Gasteiger partial charge in [0.15, 0.2) is 0 Å². The zero-order chi connectivity index (χ0) is 11.6. The van der Waals surface area contributed by atoms with E-state index >= 15 is 0 Å². The van der Waals surface area contributed by atoms with Crippen LogP contribution in [0.25, 0.3) is 0 Å². The van der Waals surface area contributed by atoms with Crippen LogP contribution in [-0.2, 0) is 10.0 Å². The van der Waals surface area contributed by atoms with Gasteiger partial charge in [0.25, 0.3) is 0 Å². The molecule has 1 atom stereocenters. The van der Waals surface area contributed by atoms with Crippen LogP contribution in [0.5, 0.6) is 0 Å². The fourth-order valence-electron chi connectivity index (χ4n) is 1.73. The van der Waals surface area contributed by atoms with Crippen molar-refractivity contribution in [2.75, 3.05) is 17.0 Å². The Morgan fingerprint density at radius 3 is 2.94 bits per heavy atom. The number of nitrogens with one attached hydrogen (secondary N) is 2. The fourth-order valence-corrected chi connectivity index (χ4v) is 4.69. The first-order valence-corrected chi connectivity index (χ1v) is 8.30. The van der Waals surface area contributed by atoms with Crippen LogP contribution in [0.2, 0.25) is 0 Å². The molecule has 2 N–H and O–H groups in total. The van der Waals surface area contributed by atoms with Gasteiger partial charge in [0.2, 0.25) is 10.0 Å². The maximum atomic E-state index is 11.8. The monoisotopic (exact) mass is 324 g/mol. The van der Waals surface area contributed by atoms with E-state index in [0.717, 1.165) is 23.2 Å². The lowest BCUT2D eigenvalue weighted by atomic mass is 10.3. The number of rotatable bonds is 4. The lowest BCUT2D eigenvalue weighted by Gasteiger charge is -2.11. The highest BCUT2D eigenvalue weighted by molar-refractivity contribution is 9.11. The molecule has 0 bridgehead atoms. The van der Waals surface area contributed by atoms with Gasteiger partial charge in [0, 0.05) is 6.04 Å². The lowest BCUT2D eigenvalue weighted by Crippen LogP contribution is -2.32. The molecule has 0 amide bonds. The Morgan fingerprint density at radius 2 is 2.38 bits per heavy atom. The first-order valence-electron chi connectivity index (χ1n) is 5.04. The number of halogens is 1. The highest BCUT2D eigenvalue weighted by atomic mass is 79.9. The molecular weight excluding hydrogens is 312 g/mol. The molecule has 1 aromatic rings. The Morgan fingerprint density at radius 1 is 1.56 bits per heavy atom. The largest absolute Gasteiger partial charge is 0.313 e. The third-order valence-electron chi connectivity index (χ3n) is 2.41. The number of sulfonamides is 1. The molecule has 1 aliphatic rings. The van der Waals surface area contributed by atoms with E-state index in [0.29, 0.717) is 5.00 Å². The topological polar surface area (TPSA) is 58.2 Å². The smallest absolute Gasteiger partial charge is 0.234 e. The SMILES string of the molecule is O=S(=O)(CC1CCCN1)Nc1ccc(Br)s1. The molecule has 2 heterocycles. The molecule has 1 aliphatic heterocycles. The average molecular weight is 325 g/mol. The molecule has 2 rings (SSSR count). The van der Waals surface area contributed by atoms with Crippen molar-refractivity contribution in [3.8, 4) is 0 Å². The zero-order valence-corrected chi connectivity index (χ0v) is 11.8. The first-order chi connectivity index (χ1) is 7.55. The van der Waals surface area contributed by atoms with Crippen molar-refractivity contribution in [2.24, 2.45) is 0 Å².